The van der Waals surface area contributed by atoms with Crippen molar-refractivity contribution in [2.75, 3.05) is 14.2 Å². The summed E-state index contributed by atoms with van der Waals surface area (Å²) in [6.45, 7) is 2.98. The second-order valence-electron chi connectivity index (χ2n) is 4.80. The molecule has 2 N–H and O–H groups in total. The van der Waals surface area contributed by atoms with Crippen molar-refractivity contribution in [1.29, 1.82) is 0 Å². The Balaban J connectivity index is 3.31. The Morgan fingerprint density at radius 3 is 2.37 bits per heavy atom. The number of carboxylic acids is 1. The number of carboxylic acid groups (broad SMARTS) is 1. The number of phenols is 1. The van der Waals surface area contributed by atoms with E-state index in [4.69, 9.17) is 14.6 Å². The third-order valence-corrected chi connectivity index (χ3v) is 2.88. The van der Waals surface area contributed by atoms with Crippen LogP contribution in [0.3, 0.4) is 0 Å². The van der Waals surface area contributed by atoms with E-state index in [1.807, 2.05) is 0 Å². The van der Waals surface area contributed by atoms with Gasteiger partial charge in [-0.3, -0.25) is 4.79 Å². The molecule has 0 radical (unpaired) electrons. The molecule has 0 aliphatic rings. The van der Waals surface area contributed by atoms with E-state index in [9.17, 15) is 14.3 Å². The lowest BCUT2D eigenvalue weighted by molar-refractivity contribution is -0.146. The van der Waals surface area contributed by atoms with E-state index in [0.29, 0.717) is 0 Å². The topological polar surface area (TPSA) is 76.0 Å². The van der Waals surface area contributed by atoms with Crippen LogP contribution >= 0.6 is 0 Å². The van der Waals surface area contributed by atoms with Gasteiger partial charge in [0.2, 0.25) is 11.6 Å². The lowest BCUT2D eigenvalue weighted by Crippen LogP contribution is -2.26. The van der Waals surface area contributed by atoms with Crippen LogP contribution in [0.1, 0.15) is 19.4 Å². The first-order valence-electron chi connectivity index (χ1n) is 5.60. The van der Waals surface area contributed by atoms with Crippen molar-refractivity contribution < 1.29 is 28.9 Å². The maximum Gasteiger partial charge on any atom is 0.309 e. The minimum atomic E-state index is -1.14. The van der Waals surface area contributed by atoms with Crippen LogP contribution in [0, 0.1) is 11.2 Å². The molecule has 0 atom stereocenters. The summed E-state index contributed by atoms with van der Waals surface area (Å²) in [5.74, 6) is -2.72. The van der Waals surface area contributed by atoms with E-state index in [-0.39, 0.29) is 23.5 Å². The second kappa shape index (κ2) is 5.34. The summed E-state index contributed by atoms with van der Waals surface area (Å²) in [6.07, 6.45) is -0.0363. The van der Waals surface area contributed by atoms with E-state index >= 15 is 0 Å². The van der Waals surface area contributed by atoms with E-state index in [1.54, 1.807) is 0 Å². The van der Waals surface area contributed by atoms with Gasteiger partial charge in [-0.05, 0) is 26.3 Å². The van der Waals surface area contributed by atoms with E-state index in [0.717, 1.165) is 0 Å². The van der Waals surface area contributed by atoms with Crippen LogP contribution < -0.4 is 9.47 Å². The first kappa shape index (κ1) is 15.1. The molecule has 1 rings (SSSR count). The fourth-order valence-electron chi connectivity index (χ4n) is 1.68. The molecule has 1 aromatic carbocycles. The molecule has 5 nitrogen and oxygen atoms in total. The molecular weight excluding hydrogens is 255 g/mol. The Morgan fingerprint density at radius 2 is 1.95 bits per heavy atom. The molecule has 0 unspecified atom stereocenters. The van der Waals surface area contributed by atoms with Gasteiger partial charge >= 0.3 is 5.97 Å². The number of hydrogen-bond donors (Lipinski definition) is 2. The molecule has 0 aliphatic carbocycles. The number of halogens is 1. The average molecular weight is 272 g/mol. The van der Waals surface area contributed by atoms with Crippen molar-refractivity contribution in [3.05, 3.63) is 17.4 Å². The zero-order chi connectivity index (χ0) is 14.8. The van der Waals surface area contributed by atoms with Crippen LogP contribution in [-0.4, -0.2) is 30.4 Å². The molecule has 0 fully saturated rings. The molecule has 0 spiro atoms. The van der Waals surface area contributed by atoms with Crippen LogP contribution in [0.2, 0.25) is 0 Å². The Labute approximate surface area is 110 Å². The Bertz CT molecular complexity index is 496. The highest BCUT2D eigenvalue weighted by Gasteiger charge is 2.30. The molecule has 0 aliphatic heterocycles. The van der Waals surface area contributed by atoms with Gasteiger partial charge in [-0.2, -0.15) is 4.39 Å². The number of phenolic OH excluding ortho intramolecular Hbond substituents is 1. The van der Waals surface area contributed by atoms with Gasteiger partial charge in [0.1, 0.15) is 0 Å². The van der Waals surface area contributed by atoms with Crippen molar-refractivity contribution in [1.82, 2.24) is 0 Å². The highest BCUT2D eigenvalue weighted by molar-refractivity contribution is 5.74. The summed E-state index contributed by atoms with van der Waals surface area (Å²) >= 11 is 0. The highest BCUT2D eigenvalue weighted by atomic mass is 19.1. The van der Waals surface area contributed by atoms with Crippen molar-refractivity contribution >= 4 is 5.97 Å². The highest BCUT2D eigenvalue weighted by Crippen LogP contribution is 2.40. The van der Waals surface area contributed by atoms with Gasteiger partial charge in [-0.1, -0.05) is 0 Å². The number of aromatic hydroxyl groups is 1. The van der Waals surface area contributed by atoms with Crippen LogP contribution in [0.5, 0.6) is 17.2 Å². The minimum Gasteiger partial charge on any atom is -0.505 e. The van der Waals surface area contributed by atoms with Crippen LogP contribution in [0.15, 0.2) is 6.07 Å². The smallest absolute Gasteiger partial charge is 0.309 e. The summed E-state index contributed by atoms with van der Waals surface area (Å²) in [6, 6.07) is 1.38. The van der Waals surface area contributed by atoms with Gasteiger partial charge in [0.25, 0.3) is 0 Å². The molecule has 0 heterocycles. The molecule has 0 bridgehead atoms. The van der Waals surface area contributed by atoms with Crippen LogP contribution in [0.4, 0.5) is 4.39 Å². The SMILES string of the molecule is COc1cc(CC(C)(C)C(=O)O)c(O)c(F)c1OC. The van der Waals surface area contributed by atoms with Crippen LogP contribution in [0.25, 0.3) is 0 Å². The van der Waals surface area contributed by atoms with Gasteiger partial charge in [-0.25, -0.2) is 0 Å². The molecular formula is C13H17FO5. The Morgan fingerprint density at radius 1 is 1.37 bits per heavy atom. The standard InChI is InChI=1S/C13H17FO5/c1-13(2,12(16)17)6-7-5-8(18-3)11(19-4)9(14)10(7)15/h5,15H,6H2,1-4H3,(H,16,17). The first-order valence-corrected chi connectivity index (χ1v) is 5.60. The third kappa shape index (κ3) is 2.89. The van der Waals surface area contributed by atoms with E-state index in [2.05, 4.69) is 0 Å². The first-order chi connectivity index (χ1) is 8.74. The van der Waals surface area contributed by atoms with Gasteiger partial charge in [0.15, 0.2) is 11.5 Å². The Hall–Kier alpha value is -1.98. The van der Waals surface area contributed by atoms with Crippen molar-refractivity contribution in [3.8, 4) is 17.2 Å². The maximum absolute atomic E-state index is 13.9. The summed E-state index contributed by atoms with van der Waals surface area (Å²) < 4.78 is 23.7. The predicted octanol–water partition coefficient (Wildman–Crippen LogP) is 2.20. The summed E-state index contributed by atoms with van der Waals surface area (Å²) in [5.41, 5.74) is -0.980. The summed E-state index contributed by atoms with van der Waals surface area (Å²) in [4.78, 5) is 11.1. The number of aliphatic carboxylic acids is 1. The van der Waals surface area contributed by atoms with E-state index < -0.39 is 23.0 Å². The average Bonchev–Trinajstić information content (AvgIpc) is 2.34. The number of ether oxygens (including phenoxy) is 2. The number of rotatable bonds is 5. The Kier molecular flexibility index (Phi) is 4.24. The van der Waals surface area contributed by atoms with Crippen molar-refractivity contribution in [3.63, 3.8) is 0 Å². The molecule has 106 valence electrons. The fraction of sp³-hybridized carbons (Fsp3) is 0.462. The quantitative estimate of drug-likeness (QED) is 0.859. The number of methoxy groups -OCH3 is 2. The summed E-state index contributed by atoms with van der Waals surface area (Å²) in [5, 5.41) is 18.8. The molecule has 6 heteroatoms. The second-order valence-corrected chi connectivity index (χ2v) is 4.80. The molecule has 0 saturated carbocycles. The normalized spacial score (nSPS) is 11.2. The van der Waals surface area contributed by atoms with E-state index in [1.165, 1.54) is 34.1 Å². The fourth-order valence-corrected chi connectivity index (χ4v) is 1.68. The van der Waals surface area contributed by atoms with Gasteiger partial charge in [0.05, 0.1) is 19.6 Å². The van der Waals surface area contributed by atoms with Crippen LogP contribution in [-0.2, 0) is 11.2 Å². The molecule has 0 aromatic heterocycles. The van der Waals surface area contributed by atoms with Gasteiger partial charge in [-0.15, -0.1) is 0 Å². The monoisotopic (exact) mass is 272 g/mol. The predicted molar refractivity (Wildman–Crippen MR) is 66.3 cm³/mol. The number of carbonyl (C=O) groups is 1. The van der Waals surface area contributed by atoms with Gasteiger partial charge < -0.3 is 19.7 Å². The zero-order valence-corrected chi connectivity index (χ0v) is 11.3. The number of benzene rings is 1. The minimum absolute atomic E-state index is 0.0363. The summed E-state index contributed by atoms with van der Waals surface area (Å²) in [7, 11) is 2.59. The largest absolute Gasteiger partial charge is 0.505 e. The van der Waals surface area contributed by atoms with Crippen molar-refractivity contribution in [2.45, 2.75) is 20.3 Å². The molecule has 19 heavy (non-hydrogen) atoms. The zero-order valence-electron chi connectivity index (χ0n) is 11.3. The maximum atomic E-state index is 13.9. The molecule has 1 aromatic rings. The third-order valence-electron chi connectivity index (χ3n) is 2.88. The van der Waals surface area contributed by atoms with Crippen molar-refractivity contribution in [2.24, 2.45) is 5.41 Å². The lowest BCUT2D eigenvalue weighted by Gasteiger charge is -2.21. The van der Waals surface area contributed by atoms with Gasteiger partial charge in [0, 0.05) is 5.56 Å². The molecule has 0 saturated heterocycles. The lowest BCUT2D eigenvalue weighted by atomic mass is 9.85. The number of hydrogen-bond acceptors (Lipinski definition) is 4. The molecule has 0 amide bonds.